The monoisotopic (exact) mass is 344 g/mol. The number of nitrogens with one attached hydrogen (secondary N) is 2. The van der Waals surface area contributed by atoms with Crippen LogP contribution in [0.1, 0.15) is 71.0 Å². The summed E-state index contributed by atoms with van der Waals surface area (Å²) in [6.45, 7) is 8.39. The number of amides is 1. The number of aromatic nitrogens is 5. The second-order valence-corrected chi connectivity index (χ2v) is 7.78. The van der Waals surface area contributed by atoms with E-state index >= 15 is 0 Å². The van der Waals surface area contributed by atoms with Gasteiger partial charge >= 0.3 is 0 Å². The van der Waals surface area contributed by atoms with Crippen LogP contribution in [0.25, 0.3) is 0 Å². The first kappa shape index (κ1) is 17.3. The minimum absolute atomic E-state index is 0.0434. The highest BCUT2D eigenvalue weighted by atomic mass is 16.2. The smallest absolute Gasteiger partial charge is 0.270 e. The van der Waals surface area contributed by atoms with Crippen LogP contribution < -0.4 is 0 Å². The summed E-state index contributed by atoms with van der Waals surface area (Å²) in [4.78, 5) is 30.2. The highest BCUT2D eigenvalue weighted by Crippen LogP contribution is 2.36. The zero-order valence-corrected chi connectivity index (χ0v) is 15.3. The number of carbonyl (C=O) groups excluding carboxylic acids is 2. The number of hydrogen-bond donors (Lipinski definition) is 2. The quantitative estimate of drug-likeness (QED) is 0.880. The molecule has 0 spiro atoms. The first-order valence-corrected chi connectivity index (χ1v) is 8.43. The van der Waals surface area contributed by atoms with E-state index in [2.05, 4.69) is 39.5 Å². The van der Waals surface area contributed by atoms with Crippen molar-refractivity contribution >= 4 is 11.7 Å². The van der Waals surface area contributed by atoms with Gasteiger partial charge in [0.2, 0.25) is 0 Å². The Morgan fingerprint density at radius 3 is 2.72 bits per heavy atom. The molecule has 0 fully saturated rings. The van der Waals surface area contributed by atoms with Crippen molar-refractivity contribution in [2.75, 3.05) is 13.6 Å². The third kappa shape index (κ3) is 3.20. The molecule has 2 aromatic heterocycles. The molecule has 1 aliphatic rings. The molecular formula is C17H24N6O2. The molecule has 2 N–H and O–H groups in total. The van der Waals surface area contributed by atoms with Gasteiger partial charge in [-0.1, -0.05) is 26.0 Å². The predicted molar refractivity (Wildman–Crippen MR) is 91.5 cm³/mol. The van der Waals surface area contributed by atoms with Crippen molar-refractivity contribution in [1.29, 1.82) is 0 Å². The first-order chi connectivity index (χ1) is 11.7. The normalized spacial score (nSPS) is 17.2. The number of hydrogen-bond acceptors (Lipinski definition) is 5. The van der Waals surface area contributed by atoms with Crippen molar-refractivity contribution in [3.05, 3.63) is 28.3 Å². The number of aromatic amines is 2. The molecule has 0 saturated heterocycles. The topological polar surface area (TPSA) is 108 Å². The van der Waals surface area contributed by atoms with Crippen LogP contribution in [0.2, 0.25) is 0 Å². The minimum Gasteiger partial charge on any atom is -0.354 e. The Kier molecular flexibility index (Phi) is 4.22. The third-order valence-corrected chi connectivity index (χ3v) is 4.81. The highest BCUT2D eigenvalue weighted by Gasteiger charge is 2.35. The molecule has 0 saturated carbocycles. The van der Waals surface area contributed by atoms with Gasteiger partial charge in [0.25, 0.3) is 5.91 Å². The van der Waals surface area contributed by atoms with E-state index in [-0.39, 0.29) is 23.0 Å². The van der Waals surface area contributed by atoms with Crippen molar-refractivity contribution in [1.82, 2.24) is 30.5 Å². The molecule has 0 unspecified atom stereocenters. The fourth-order valence-corrected chi connectivity index (χ4v) is 3.59. The molecule has 2 aromatic rings. The lowest BCUT2D eigenvalue weighted by Gasteiger charge is -2.28. The lowest BCUT2D eigenvalue weighted by molar-refractivity contribution is 0.0781. The van der Waals surface area contributed by atoms with Gasteiger partial charge in [-0.2, -0.15) is 5.21 Å². The van der Waals surface area contributed by atoms with E-state index in [4.69, 9.17) is 0 Å². The van der Waals surface area contributed by atoms with E-state index in [9.17, 15) is 9.59 Å². The van der Waals surface area contributed by atoms with Gasteiger partial charge in [0, 0.05) is 37.2 Å². The van der Waals surface area contributed by atoms with Crippen LogP contribution >= 0.6 is 0 Å². The summed E-state index contributed by atoms with van der Waals surface area (Å²) in [6, 6.07) is 0. The van der Waals surface area contributed by atoms with E-state index in [1.165, 1.54) is 0 Å². The van der Waals surface area contributed by atoms with Crippen molar-refractivity contribution in [3.8, 4) is 0 Å². The van der Waals surface area contributed by atoms with Crippen LogP contribution in [-0.2, 0) is 6.42 Å². The molecule has 0 aliphatic heterocycles. The zero-order chi connectivity index (χ0) is 18.4. The summed E-state index contributed by atoms with van der Waals surface area (Å²) in [5, 5.41) is 13.9. The number of nitrogens with zero attached hydrogens (tertiary/aromatic N) is 4. The zero-order valence-electron chi connectivity index (χ0n) is 15.3. The average molecular weight is 344 g/mol. The van der Waals surface area contributed by atoms with Crippen molar-refractivity contribution < 1.29 is 9.59 Å². The van der Waals surface area contributed by atoms with Crippen LogP contribution in [0.5, 0.6) is 0 Å². The standard InChI is InChI=1S/C17H24N6O2/c1-9(15-19-21-22-20-15)8-23(5)16(25)14-10(2)13-11(18-14)6-17(3,4)7-12(13)24/h9,18H,6-8H2,1-5H3,(H,19,20,21,22)/t9-/m0/s1. The number of tetrazole rings is 1. The van der Waals surface area contributed by atoms with E-state index in [1.54, 1.807) is 11.9 Å². The molecule has 1 aliphatic carbocycles. The van der Waals surface area contributed by atoms with Gasteiger partial charge < -0.3 is 9.88 Å². The summed E-state index contributed by atoms with van der Waals surface area (Å²) >= 11 is 0. The molecule has 0 bridgehead atoms. The summed E-state index contributed by atoms with van der Waals surface area (Å²) in [6.07, 6.45) is 1.28. The van der Waals surface area contributed by atoms with Gasteiger partial charge in [-0.25, -0.2) is 0 Å². The average Bonchev–Trinajstić information content (AvgIpc) is 3.13. The molecule has 1 amide bonds. The van der Waals surface area contributed by atoms with E-state index in [0.717, 1.165) is 17.7 Å². The van der Waals surface area contributed by atoms with Gasteiger partial charge in [-0.3, -0.25) is 9.59 Å². The van der Waals surface area contributed by atoms with Crippen LogP contribution in [0.4, 0.5) is 0 Å². The Morgan fingerprint density at radius 2 is 2.08 bits per heavy atom. The lowest BCUT2D eigenvalue weighted by Crippen LogP contribution is -2.31. The summed E-state index contributed by atoms with van der Waals surface area (Å²) in [7, 11) is 1.74. The number of Topliss-reactive ketones (excluding diaryl/α,β-unsaturated/α-hetero) is 1. The largest absolute Gasteiger partial charge is 0.354 e. The number of rotatable bonds is 4. The summed E-state index contributed by atoms with van der Waals surface area (Å²) < 4.78 is 0. The van der Waals surface area contributed by atoms with E-state index in [0.29, 0.717) is 30.0 Å². The van der Waals surface area contributed by atoms with Crippen LogP contribution in [0, 0.1) is 12.3 Å². The van der Waals surface area contributed by atoms with Crippen molar-refractivity contribution in [2.45, 2.75) is 46.5 Å². The Morgan fingerprint density at radius 1 is 1.36 bits per heavy atom. The fraction of sp³-hybridized carbons (Fsp3) is 0.588. The molecule has 0 aromatic carbocycles. The Bertz CT molecular complexity index is 805. The van der Waals surface area contributed by atoms with Crippen molar-refractivity contribution in [2.24, 2.45) is 5.41 Å². The molecule has 25 heavy (non-hydrogen) atoms. The highest BCUT2D eigenvalue weighted by molar-refractivity contribution is 6.04. The second kappa shape index (κ2) is 6.09. The Hall–Kier alpha value is -2.51. The number of likely N-dealkylation sites (N-methyl/N-ethyl adjacent to an activating group) is 1. The number of ketones is 1. The molecule has 134 valence electrons. The molecule has 1 atom stereocenters. The maximum absolute atomic E-state index is 12.9. The predicted octanol–water partition coefficient (Wildman–Crippen LogP) is 1.87. The maximum Gasteiger partial charge on any atom is 0.270 e. The third-order valence-electron chi connectivity index (χ3n) is 4.81. The van der Waals surface area contributed by atoms with Gasteiger partial charge in [0.1, 0.15) is 5.69 Å². The maximum atomic E-state index is 12.9. The number of carbonyl (C=O) groups is 2. The van der Waals surface area contributed by atoms with Gasteiger partial charge in [-0.15, -0.1) is 10.2 Å². The number of fused-ring (bicyclic) bond motifs is 1. The number of H-pyrrole nitrogens is 2. The van der Waals surface area contributed by atoms with Gasteiger partial charge in [0.15, 0.2) is 11.6 Å². The molecular weight excluding hydrogens is 320 g/mol. The van der Waals surface area contributed by atoms with Crippen LogP contribution in [-0.4, -0.2) is 55.8 Å². The van der Waals surface area contributed by atoms with E-state index in [1.807, 2.05) is 13.8 Å². The van der Waals surface area contributed by atoms with Gasteiger partial charge in [-0.05, 0) is 24.3 Å². The Balaban J connectivity index is 1.82. The summed E-state index contributed by atoms with van der Waals surface area (Å²) in [5.41, 5.74) is 2.74. The molecule has 8 nitrogen and oxygen atoms in total. The first-order valence-electron chi connectivity index (χ1n) is 8.43. The van der Waals surface area contributed by atoms with Gasteiger partial charge in [0.05, 0.1) is 0 Å². The molecule has 8 heteroatoms. The summed E-state index contributed by atoms with van der Waals surface area (Å²) in [5.74, 6) is 0.506. The second-order valence-electron chi connectivity index (χ2n) is 7.78. The van der Waals surface area contributed by atoms with Crippen LogP contribution in [0.3, 0.4) is 0 Å². The lowest BCUT2D eigenvalue weighted by atomic mass is 9.75. The minimum atomic E-state index is -0.132. The molecule has 2 heterocycles. The Labute approximate surface area is 146 Å². The van der Waals surface area contributed by atoms with Crippen molar-refractivity contribution in [3.63, 3.8) is 0 Å². The molecule has 3 rings (SSSR count). The SMILES string of the molecule is Cc1c(C(=O)N(C)C[C@H](C)c2nn[nH]n2)[nH]c2c1C(=O)CC(C)(C)C2. The molecule has 0 radical (unpaired) electrons. The fourth-order valence-electron chi connectivity index (χ4n) is 3.59. The van der Waals surface area contributed by atoms with E-state index < -0.39 is 0 Å². The van der Waals surface area contributed by atoms with Crippen LogP contribution in [0.15, 0.2) is 0 Å².